The third kappa shape index (κ3) is 6.66. The largest absolute Gasteiger partial charge is 0.493 e. The van der Waals surface area contributed by atoms with Crippen molar-refractivity contribution >= 4 is 44.6 Å². The number of ether oxygens (including phenoxy) is 2. The summed E-state index contributed by atoms with van der Waals surface area (Å²) in [6.45, 7) is 3.12. The van der Waals surface area contributed by atoms with E-state index in [0.29, 0.717) is 48.2 Å². The van der Waals surface area contributed by atoms with Crippen molar-refractivity contribution in [3.05, 3.63) is 100 Å². The number of fused-ring (bicyclic) bond motifs is 4. The minimum absolute atomic E-state index is 0.0125. The number of piperidine rings is 1. The van der Waals surface area contributed by atoms with Gasteiger partial charge in [0, 0.05) is 67.2 Å². The van der Waals surface area contributed by atoms with Crippen LogP contribution in [-0.2, 0) is 21.4 Å². The second kappa shape index (κ2) is 12.8. The van der Waals surface area contributed by atoms with E-state index >= 15 is 0 Å². The van der Waals surface area contributed by atoms with Gasteiger partial charge in [0.2, 0.25) is 5.91 Å². The molecule has 47 heavy (non-hydrogen) atoms. The number of nitrogens with one attached hydrogen (secondary N) is 3. The topological polar surface area (TPSA) is 148 Å². The molecule has 3 heterocycles. The van der Waals surface area contributed by atoms with Crippen LogP contribution < -0.4 is 35.3 Å². The summed E-state index contributed by atoms with van der Waals surface area (Å²) in [5.41, 5.74) is 2.96. The number of carbonyl (C=O) groups excluding carboxylic acids is 2. The zero-order valence-corrected chi connectivity index (χ0v) is 27.0. The van der Waals surface area contributed by atoms with Crippen molar-refractivity contribution in [1.82, 2.24) is 4.57 Å². The molecule has 0 spiro atoms. The summed E-state index contributed by atoms with van der Waals surface area (Å²) in [7, 11) is -1.09. The highest BCUT2D eigenvalue weighted by Crippen LogP contribution is 2.40. The van der Waals surface area contributed by atoms with E-state index in [0.717, 1.165) is 12.1 Å². The molecule has 3 aromatic carbocycles. The number of benzene rings is 3. The second-order valence-electron chi connectivity index (χ2n) is 11.7. The fraction of sp³-hybridized carbons (Fsp3) is 0.265. The number of methoxy groups -OCH3 is 2. The van der Waals surface area contributed by atoms with E-state index in [2.05, 4.69) is 20.3 Å². The average molecular weight is 658 g/mol. The Kier molecular flexibility index (Phi) is 8.65. The number of sulfonamides is 1. The summed E-state index contributed by atoms with van der Waals surface area (Å²) in [4.78, 5) is 39.6. The van der Waals surface area contributed by atoms with Crippen LogP contribution in [0.15, 0.2) is 88.6 Å². The van der Waals surface area contributed by atoms with E-state index in [1.165, 1.54) is 51.5 Å². The Morgan fingerprint density at radius 1 is 0.830 bits per heavy atom. The van der Waals surface area contributed by atoms with Crippen molar-refractivity contribution in [3.8, 4) is 11.5 Å². The van der Waals surface area contributed by atoms with Gasteiger partial charge in [0.1, 0.15) is 0 Å². The van der Waals surface area contributed by atoms with Crippen LogP contribution in [0.2, 0.25) is 0 Å². The van der Waals surface area contributed by atoms with Gasteiger partial charge in [0.25, 0.3) is 21.5 Å². The maximum Gasteiger partial charge on any atom is 0.261 e. The summed E-state index contributed by atoms with van der Waals surface area (Å²) < 4.78 is 42.6. The highest BCUT2D eigenvalue weighted by Gasteiger charge is 2.35. The first-order valence-corrected chi connectivity index (χ1v) is 16.6. The molecule has 12 nitrogen and oxygen atoms in total. The molecule has 0 aliphatic carbocycles. The molecule has 3 N–H and O–H groups in total. The summed E-state index contributed by atoms with van der Waals surface area (Å²) in [5, 5.41) is 5.47. The monoisotopic (exact) mass is 657 g/mol. The molecule has 2 amide bonds. The second-order valence-corrected chi connectivity index (χ2v) is 13.4. The lowest BCUT2D eigenvalue weighted by atomic mass is 9.83. The van der Waals surface area contributed by atoms with Gasteiger partial charge in [0.05, 0.1) is 30.5 Å². The molecular weight excluding hydrogens is 622 g/mol. The maximum absolute atomic E-state index is 13.7. The van der Waals surface area contributed by atoms with Crippen molar-refractivity contribution in [3.63, 3.8) is 0 Å². The quantitative estimate of drug-likeness (QED) is 0.238. The lowest BCUT2D eigenvalue weighted by Gasteiger charge is -2.44. The molecule has 1 saturated heterocycles. The average Bonchev–Trinajstić information content (AvgIpc) is 3.05. The molecule has 0 saturated carbocycles. The van der Waals surface area contributed by atoms with Gasteiger partial charge >= 0.3 is 0 Å². The van der Waals surface area contributed by atoms with E-state index < -0.39 is 15.9 Å². The Morgan fingerprint density at radius 2 is 1.57 bits per heavy atom. The maximum atomic E-state index is 13.7. The molecule has 2 atom stereocenters. The van der Waals surface area contributed by atoms with Gasteiger partial charge in [-0.05, 0) is 73.0 Å². The number of rotatable bonds is 9. The van der Waals surface area contributed by atoms with Crippen LogP contribution in [0.25, 0.3) is 0 Å². The number of amides is 2. The Bertz CT molecular complexity index is 2010. The molecular formula is C34H35N5O7S. The third-order valence-electron chi connectivity index (χ3n) is 8.45. The first-order chi connectivity index (χ1) is 22.5. The van der Waals surface area contributed by atoms with E-state index in [1.807, 2.05) is 10.6 Å². The first kappa shape index (κ1) is 31.7. The Morgan fingerprint density at radius 3 is 2.30 bits per heavy atom. The Labute approximate surface area is 272 Å². The normalized spacial score (nSPS) is 16.9. The first-order valence-electron chi connectivity index (χ1n) is 15.1. The van der Waals surface area contributed by atoms with Gasteiger partial charge in [-0.3, -0.25) is 19.1 Å². The van der Waals surface area contributed by atoms with Gasteiger partial charge in [-0.25, -0.2) is 8.42 Å². The molecule has 2 aliphatic heterocycles. The molecule has 2 bridgehead atoms. The number of nitrogens with zero attached hydrogens (tertiary/aromatic N) is 2. The van der Waals surface area contributed by atoms with Crippen LogP contribution in [0, 0.1) is 5.92 Å². The van der Waals surface area contributed by atoms with E-state index in [9.17, 15) is 22.8 Å². The molecule has 1 fully saturated rings. The summed E-state index contributed by atoms with van der Waals surface area (Å²) >= 11 is 0. The number of hydrogen-bond donors (Lipinski definition) is 3. The predicted molar refractivity (Wildman–Crippen MR) is 179 cm³/mol. The number of pyridine rings is 1. The smallest absolute Gasteiger partial charge is 0.261 e. The standard InChI is InChI=1S/C34H35N5O7S/c1-21(40)35-25-8-11-27(12-9-25)47(43,44)37-28-16-23(34(42)36-26-10-14-31(45-2)32(17-26)46-3)7-13-30(28)38-18-22-15-24(20-38)29-5-4-6-33(41)39(29)19-22/h4-14,16-17,22,24,37H,15,18-20H2,1-3H3,(H,35,40)(H,36,42). The van der Waals surface area contributed by atoms with Gasteiger partial charge in [0.15, 0.2) is 11.5 Å². The molecule has 0 radical (unpaired) electrons. The van der Waals surface area contributed by atoms with Crippen LogP contribution in [0.3, 0.4) is 0 Å². The Balaban J connectivity index is 1.34. The minimum Gasteiger partial charge on any atom is -0.493 e. The van der Waals surface area contributed by atoms with E-state index in [4.69, 9.17) is 9.47 Å². The van der Waals surface area contributed by atoms with Crippen LogP contribution in [-0.4, -0.2) is 52.1 Å². The Hall–Kier alpha value is -5.30. The van der Waals surface area contributed by atoms with Crippen molar-refractivity contribution in [1.29, 1.82) is 0 Å². The number of anilines is 4. The highest BCUT2D eigenvalue weighted by molar-refractivity contribution is 7.92. The predicted octanol–water partition coefficient (Wildman–Crippen LogP) is 4.50. The SMILES string of the molecule is COc1ccc(NC(=O)c2ccc(N3CC4CC(C3)c3cccc(=O)n3C4)c(NS(=O)(=O)c3ccc(NC(C)=O)cc3)c2)cc1OC. The zero-order chi connectivity index (χ0) is 33.3. The number of aromatic nitrogens is 1. The molecule has 4 aromatic rings. The van der Waals surface area contributed by atoms with E-state index in [1.54, 1.807) is 42.5 Å². The molecule has 244 valence electrons. The summed E-state index contributed by atoms with van der Waals surface area (Å²) in [5.74, 6) is 0.488. The molecule has 6 rings (SSSR count). The van der Waals surface area contributed by atoms with Crippen LogP contribution >= 0.6 is 0 Å². The molecule has 13 heteroatoms. The van der Waals surface area contributed by atoms with Crippen LogP contribution in [0.1, 0.15) is 35.3 Å². The van der Waals surface area contributed by atoms with Crippen LogP contribution in [0.5, 0.6) is 11.5 Å². The van der Waals surface area contributed by atoms with Gasteiger partial charge < -0.3 is 29.6 Å². The van der Waals surface area contributed by atoms with E-state index in [-0.39, 0.29) is 39.4 Å². The third-order valence-corrected chi connectivity index (χ3v) is 9.83. The fourth-order valence-corrected chi connectivity index (χ4v) is 7.43. The lowest BCUT2D eigenvalue weighted by Crippen LogP contribution is -2.47. The number of carbonyl (C=O) groups is 2. The lowest BCUT2D eigenvalue weighted by molar-refractivity contribution is -0.114. The fourth-order valence-electron chi connectivity index (χ4n) is 6.37. The minimum atomic E-state index is -4.11. The summed E-state index contributed by atoms with van der Waals surface area (Å²) in [6, 6.07) is 21.1. The van der Waals surface area contributed by atoms with Crippen molar-refractivity contribution in [2.75, 3.05) is 47.6 Å². The number of hydrogen-bond acceptors (Lipinski definition) is 8. The zero-order valence-electron chi connectivity index (χ0n) is 26.1. The molecule has 2 unspecified atom stereocenters. The van der Waals surface area contributed by atoms with Crippen LogP contribution in [0.4, 0.5) is 22.7 Å². The van der Waals surface area contributed by atoms with Gasteiger partial charge in [-0.1, -0.05) is 6.07 Å². The highest BCUT2D eigenvalue weighted by atomic mass is 32.2. The summed E-state index contributed by atoms with van der Waals surface area (Å²) in [6.07, 6.45) is 0.924. The van der Waals surface area contributed by atoms with Crippen molar-refractivity contribution in [2.24, 2.45) is 5.92 Å². The molecule has 1 aromatic heterocycles. The van der Waals surface area contributed by atoms with Crippen molar-refractivity contribution < 1.29 is 27.5 Å². The van der Waals surface area contributed by atoms with Crippen molar-refractivity contribution in [2.45, 2.75) is 30.7 Å². The van der Waals surface area contributed by atoms with Gasteiger partial charge in [-0.2, -0.15) is 0 Å². The van der Waals surface area contributed by atoms with Gasteiger partial charge in [-0.15, -0.1) is 0 Å². The molecule has 2 aliphatic rings.